The maximum atomic E-state index is 12.0. The largest absolute Gasteiger partial charge is 0.322 e. The summed E-state index contributed by atoms with van der Waals surface area (Å²) in [6.45, 7) is 4.01. The van der Waals surface area contributed by atoms with Crippen LogP contribution in [0.25, 0.3) is 0 Å². The van der Waals surface area contributed by atoms with Gasteiger partial charge in [0.15, 0.2) is 0 Å². The third-order valence-corrected chi connectivity index (χ3v) is 3.51. The number of rotatable bonds is 2. The quantitative estimate of drug-likeness (QED) is 0.841. The van der Waals surface area contributed by atoms with E-state index in [9.17, 15) is 4.79 Å². The van der Waals surface area contributed by atoms with Crippen molar-refractivity contribution in [2.45, 2.75) is 13.8 Å². The molecule has 3 nitrogen and oxygen atoms in total. The number of anilines is 1. The highest BCUT2D eigenvalue weighted by molar-refractivity contribution is 6.41. The fraction of sp³-hybridized carbons (Fsp3) is 0.143. The summed E-state index contributed by atoms with van der Waals surface area (Å²) < 4.78 is 0. The topological polar surface area (TPSA) is 42.0 Å². The Hall–Kier alpha value is -1.58. The highest BCUT2D eigenvalue weighted by Gasteiger charge is 2.09. The van der Waals surface area contributed by atoms with Gasteiger partial charge in [0.2, 0.25) is 0 Å². The first-order valence-corrected chi connectivity index (χ1v) is 6.42. The van der Waals surface area contributed by atoms with Gasteiger partial charge in [0.05, 0.1) is 10.6 Å². The number of aryl methyl sites for hydroxylation is 2. The molecule has 1 aromatic heterocycles. The van der Waals surface area contributed by atoms with Crippen LogP contribution >= 0.6 is 23.2 Å². The van der Waals surface area contributed by atoms with E-state index in [-0.39, 0.29) is 16.1 Å². The van der Waals surface area contributed by atoms with Gasteiger partial charge in [-0.3, -0.25) is 4.79 Å². The molecule has 5 heteroatoms. The third-order valence-electron chi connectivity index (χ3n) is 2.82. The lowest BCUT2D eigenvalue weighted by molar-refractivity contribution is 0.102. The third kappa shape index (κ3) is 3.25. The number of nitrogens with zero attached hydrogens (tertiary/aromatic N) is 1. The molecule has 0 saturated heterocycles. The highest BCUT2D eigenvalue weighted by atomic mass is 35.5. The van der Waals surface area contributed by atoms with Crippen LogP contribution in [0.2, 0.25) is 10.2 Å². The normalized spacial score (nSPS) is 10.3. The summed E-state index contributed by atoms with van der Waals surface area (Å²) in [5.74, 6) is -0.269. The molecule has 0 atom stereocenters. The Balaban J connectivity index is 2.20. The van der Waals surface area contributed by atoms with Crippen LogP contribution in [0.1, 0.15) is 21.5 Å². The number of amides is 1. The van der Waals surface area contributed by atoms with E-state index in [4.69, 9.17) is 23.2 Å². The summed E-state index contributed by atoms with van der Waals surface area (Å²) in [4.78, 5) is 15.9. The predicted molar refractivity (Wildman–Crippen MR) is 78.1 cm³/mol. The first-order valence-electron chi connectivity index (χ1n) is 5.67. The Labute approximate surface area is 121 Å². The molecule has 0 fully saturated rings. The molecule has 1 N–H and O–H groups in total. The number of carbonyl (C=O) groups is 1. The summed E-state index contributed by atoms with van der Waals surface area (Å²) in [5.41, 5.74) is 3.39. The molecule has 0 spiro atoms. The minimum Gasteiger partial charge on any atom is -0.322 e. The average Bonchev–Trinajstić information content (AvgIpc) is 2.37. The standard InChI is InChI=1S/C14H12Cl2N2O/c1-8-3-4-11(5-9(8)2)18-14(19)10-6-12(15)13(16)17-7-10/h3-7H,1-2H3,(H,18,19). The number of carbonyl (C=O) groups excluding carboxylic acids is 1. The monoisotopic (exact) mass is 294 g/mol. The van der Waals surface area contributed by atoms with E-state index in [0.717, 1.165) is 11.3 Å². The van der Waals surface area contributed by atoms with Crippen molar-refractivity contribution in [3.05, 3.63) is 57.3 Å². The van der Waals surface area contributed by atoms with Crippen LogP contribution in [-0.4, -0.2) is 10.9 Å². The average molecular weight is 295 g/mol. The van der Waals surface area contributed by atoms with Crippen LogP contribution in [0.5, 0.6) is 0 Å². The molecule has 98 valence electrons. The van der Waals surface area contributed by atoms with Gasteiger partial charge in [-0.15, -0.1) is 0 Å². The van der Waals surface area contributed by atoms with Crippen LogP contribution < -0.4 is 5.32 Å². The molecule has 0 bridgehead atoms. The van der Waals surface area contributed by atoms with E-state index >= 15 is 0 Å². The maximum absolute atomic E-state index is 12.0. The molecule has 1 amide bonds. The van der Waals surface area contributed by atoms with Crippen molar-refractivity contribution in [3.63, 3.8) is 0 Å². The SMILES string of the molecule is Cc1ccc(NC(=O)c2cnc(Cl)c(Cl)c2)cc1C. The van der Waals surface area contributed by atoms with Gasteiger partial charge in [-0.05, 0) is 43.2 Å². The van der Waals surface area contributed by atoms with Crippen LogP contribution in [0.3, 0.4) is 0 Å². The zero-order valence-electron chi connectivity index (χ0n) is 10.5. The van der Waals surface area contributed by atoms with Crippen molar-refractivity contribution >= 4 is 34.8 Å². The lowest BCUT2D eigenvalue weighted by Crippen LogP contribution is -2.12. The molecule has 19 heavy (non-hydrogen) atoms. The Bertz CT molecular complexity index is 641. The molecule has 0 aliphatic heterocycles. The molecule has 1 heterocycles. The van der Waals surface area contributed by atoms with Crippen molar-refractivity contribution in [2.24, 2.45) is 0 Å². The Kier molecular flexibility index (Phi) is 4.08. The maximum Gasteiger partial charge on any atom is 0.257 e. The predicted octanol–water partition coefficient (Wildman–Crippen LogP) is 4.26. The van der Waals surface area contributed by atoms with E-state index in [1.165, 1.54) is 17.8 Å². The smallest absolute Gasteiger partial charge is 0.257 e. The molecule has 0 aliphatic carbocycles. The fourth-order valence-electron chi connectivity index (χ4n) is 1.57. The second-order valence-corrected chi connectivity index (χ2v) is 5.02. The van der Waals surface area contributed by atoms with Gasteiger partial charge in [0, 0.05) is 11.9 Å². The Morgan fingerprint density at radius 1 is 1.16 bits per heavy atom. The molecule has 1 aromatic carbocycles. The van der Waals surface area contributed by atoms with E-state index in [1.54, 1.807) is 0 Å². The van der Waals surface area contributed by atoms with Gasteiger partial charge in [0.25, 0.3) is 5.91 Å². The van der Waals surface area contributed by atoms with Gasteiger partial charge in [-0.25, -0.2) is 4.98 Å². The number of nitrogens with one attached hydrogen (secondary N) is 1. The zero-order chi connectivity index (χ0) is 14.0. The first kappa shape index (κ1) is 13.8. The lowest BCUT2D eigenvalue weighted by atomic mass is 10.1. The Morgan fingerprint density at radius 2 is 1.89 bits per heavy atom. The van der Waals surface area contributed by atoms with Crippen molar-refractivity contribution in [1.82, 2.24) is 4.98 Å². The second kappa shape index (κ2) is 5.59. The van der Waals surface area contributed by atoms with E-state index in [1.807, 2.05) is 32.0 Å². The highest BCUT2D eigenvalue weighted by Crippen LogP contribution is 2.21. The molecule has 0 radical (unpaired) electrons. The first-order chi connectivity index (χ1) is 8.97. The molecule has 2 rings (SSSR count). The molecular weight excluding hydrogens is 283 g/mol. The number of aromatic nitrogens is 1. The summed E-state index contributed by atoms with van der Waals surface area (Å²) in [5, 5.41) is 3.24. The second-order valence-electron chi connectivity index (χ2n) is 4.25. The number of halogens is 2. The van der Waals surface area contributed by atoms with Crippen molar-refractivity contribution in [1.29, 1.82) is 0 Å². The van der Waals surface area contributed by atoms with Gasteiger partial charge in [-0.2, -0.15) is 0 Å². The Morgan fingerprint density at radius 3 is 2.53 bits per heavy atom. The van der Waals surface area contributed by atoms with Crippen LogP contribution in [-0.2, 0) is 0 Å². The summed E-state index contributed by atoms with van der Waals surface area (Å²) in [7, 11) is 0. The molecule has 0 unspecified atom stereocenters. The number of hydrogen-bond acceptors (Lipinski definition) is 2. The van der Waals surface area contributed by atoms with Gasteiger partial charge in [-0.1, -0.05) is 29.3 Å². The van der Waals surface area contributed by atoms with Gasteiger partial charge < -0.3 is 5.32 Å². The summed E-state index contributed by atoms with van der Waals surface area (Å²) >= 11 is 11.5. The van der Waals surface area contributed by atoms with Gasteiger partial charge in [0.1, 0.15) is 5.15 Å². The van der Waals surface area contributed by atoms with Crippen LogP contribution in [0.4, 0.5) is 5.69 Å². The molecule has 2 aromatic rings. The van der Waals surface area contributed by atoms with Crippen molar-refractivity contribution in [2.75, 3.05) is 5.32 Å². The molecular formula is C14H12Cl2N2O. The minimum atomic E-state index is -0.269. The van der Waals surface area contributed by atoms with E-state index < -0.39 is 0 Å². The van der Waals surface area contributed by atoms with Crippen LogP contribution in [0.15, 0.2) is 30.5 Å². The number of pyridine rings is 1. The molecule has 0 saturated carbocycles. The number of benzene rings is 1. The van der Waals surface area contributed by atoms with Crippen molar-refractivity contribution in [3.8, 4) is 0 Å². The summed E-state index contributed by atoms with van der Waals surface area (Å²) in [6.07, 6.45) is 1.39. The van der Waals surface area contributed by atoms with E-state index in [0.29, 0.717) is 5.56 Å². The zero-order valence-corrected chi connectivity index (χ0v) is 12.0. The number of hydrogen-bond donors (Lipinski definition) is 1. The minimum absolute atomic E-state index is 0.185. The van der Waals surface area contributed by atoms with Crippen LogP contribution in [0, 0.1) is 13.8 Å². The lowest BCUT2D eigenvalue weighted by Gasteiger charge is -2.08. The van der Waals surface area contributed by atoms with Crippen molar-refractivity contribution < 1.29 is 4.79 Å². The summed E-state index contributed by atoms with van der Waals surface area (Å²) in [6, 6.07) is 7.22. The molecule has 0 aliphatic rings. The van der Waals surface area contributed by atoms with E-state index in [2.05, 4.69) is 10.3 Å². The van der Waals surface area contributed by atoms with Gasteiger partial charge >= 0.3 is 0 Å². The fourth-order valence-corrected chi connectivity index (χ4v) is 1.84.